The molecule has 5 aromatic rings. The van der Waals surface area contributed by atoms with Gasteiger partial charge in [-0.1, -0.05) is 18.2 Å². The largest absolute Gasteiger partial charge is 0.366 e. The lowest BCUT2D eigenvalue weighted by Gasteiger charge is -2.06. The van der Waals surface area contributed by atoms with Gasteiger partial charge in [0.1, 0.15) is 17.0 Å². The summed E-state index contributed by atoms with van der Waals surface area (Å²) in [5, 5.41) is 10.3. The summed E-state index contributed by atoms with van der Waals surface area (Å²) in [6.45, 7) is 0. The first kappa shape index (κ1) is 13.7. The minimum absolute atomic E-state index is 0.136. The van der Waals surface area contributed by atoms with Gasteiger partial charge < -0.3 is 15.7 Å². The Morgan fingerprint density at radius 2 is 1.60 bits per heavy atom. The first-order valence-electron chi connectivity index (χ1n) is 7.80. The number of hydrogen-bond donors (Lipinski definition) is 3. The highest BCUT2D eigenvalue weighted by Gasteiger charge is 2.18. The van der Waals surface area contributed by atoms with Crippen LogP contribution in [0.2, 0.25) is 0 Å². The van der Waals surface area contributed by atoms with Crippen molar-refractivity contribution in [3.05, 3.63) is 55.0 Å². The van der Waals surface area contributed by atoms with Crippen molar-refractivity contribution in [1.82, 2.24) is 30.1 Å². The van der Waals surface area contributed by atoms with Gasteiger partial charge in [0, 0.05) is 46.0 Å². The van der Waals surface area contributed by atoms with Gasteiger partial charge in [-0.25, -0.2) is 9.97 Å². The number of fused-ring (bicyclic) bond motifs is 2. The summed E-state index contributed by atoms with van der Waals surface area (Å²) in [7, 11) is 0. The summed E-state index contributed by atoms with van der Waals surface area (Å²) in [5.74, 6) is 0.136. The van der Waals surface area contributed by atoms with Crippen LogP contribution in [-0.2, 0) is 0 Å². The number of nitrogens with two attached hydrogens (primary N) is 1. The van der Waals surface area contributed by atoms with Gasteiger partial charge >= 0.3 is 0 Å². The second-order valence-electron chi connectivity index (χ2n) is 5.72. The first-order valence-corrected chi connectivity index (χ1v) is 7.80. The van der Waals surface area contributed by atoms with Crippen molar-refractivity contribution in [2.75, 3.05) is 5.73 Å². The van der Waals surface area contributed by atoms with Crippen LogP contribution in [0.25, 0.3) is 44.5 Å². The fourth-order valence-electron chi connectivity index (χ4n) is 3.13. The van der Waals surface area contributed by atoms with Crippen molar-refractivity contribution >= 4 is 27.9 Å². The smallest absolute Gasteiger partial charge is 0.240 e. The number of pyridine rings is 1. The average Bonchev–Trinajstić information content (AvgIpc) is 3.26. The predicted octanol–water partition coefficient (Wildman–Crippen LogP) is 3.15. The SMILES string of the molecule is Nc1nnc(-c2c[nH]c3ccccc23)c(-c2c[nH]c3ncccc23)n1. The molecule has 5 rings (SSSR count). The number of H-pyrrole nitrogens is 2. The number of benzene rings is 1. The lowest BCUT2D eigenvalue weighted by molar-refractivity contribution is 0.999. The summed E-state index contributed by atoms with van der Waals surface area (Å²) in [6.07, 6.45) is 5.54. The maximum absolute atomic E-state index is 5.83. The van der Waals surface area contributed by atoms with Crippen LogP contribution in [0.1, 0.15) is 0 Å². The average molecular weight is 327 g/mol. The highest BCUT2D eigenvalue weighted by Crippen LogP contribution is 2.36. The number of para-hydroxylation sites is 1. The number of nitrogens with zero attached hydrogens (tertiary/aromatic N) is 4. The molecule has 1 aromatic carbocycles. The van der Waals surface area contributed by atoms with E-state index in [1.807, 2.05) is 48.8 Å². The van der Waals surface area contributed by atoms with Crippen molar-refractivity contribution < 1.29 is 0 Å². The third-order valence-electron chi connectivity index (χ3n) is 4.25. The summed E-state index contributed by atoms with van der Waals surface area (Å²) in [5.41, 5.74) is 10.8. The van der Waals surface area contributed by atoms with Gasteiger partial charge in [0.25, 0.3) is 0 Å². The first-order chi connectivity index (χ1) is 12.3. The van der Waals surface area contributed by atoms with E-state index in [0.29, 0.717) is 11.4 Å². The number of nitrogen functional groups attached to an aromatic ring is 1. The van der Waals surface area contributed by atoms with Crippen LogP contribution in [0.15, 0.2) is 55.0 Å². The van der Waals surface area contributed by atoms with E-state index in [-0.39, 0.29) is 5.95 Å². The van der Waals surface area contributed by atoms with Gasteiger partial charge in [-0.2, -0.15) is 0 Å². The Morgan fingerprint density at radius 3 is 2.56 bits per heavy atom. The van der Waals surface area contributed by atoms with Gasteiger partial charge in [-0.15, -0.1) is 10.2 Å². The van der Waals surface area contributed by atoms with E-state index in [0.717, 1.165) is 33.1 Å². The number of aromatic nitrogens is 6. The molecule has 7 heteroatoms. The van der Waals surface area contributed by atoms with E-state index < -0.39 is 0 Å². The van der Waals surface area contributed by atoms with Crippen LogP contribution < -0.4 is 5.73 Å². The third-order valence-corrected chi connectivity index (χ3v) is 4.25. The summed E-state index contributed by atoms with van der Waals surface area (Å²) in [4.78, 5) is 15.2. The monoisotopic (exact) mass is 327 g/mol. The van der Waals surface area contributed by atoms with E-state index in [4.69, 9.17) is 5.73 Å². The molecule has 0 aliphatic carbocycles. The van der Waals surface area contributed by atoms with E-state index in [9.17, 15) is 0 Å². The molecule has 4 N–H and O–H groups in total. The highest BCUT2D eigenvalue weighted by molar-refractivity contribution is 6.01. The molecule has 120 valence electrons. The van der Waals surface area contributed by atoms with Crippen LogP contribution >= 0.6 is 0 Å². The number of anilines is 1. The standard InChI is InChI=1S/C18H13N7/c19-18-23-15(13-9-22-17-11(13)5-3-7-20-17)16(24-25-18)12-8-21-14-6-2-1-4-10(12)14/h1-9,21H,(H,20,22)(H2,19,23,25). The molecule has 0 fully saturated rings. The maximum atomic E-state index is 5.83. The topological polar surface area (TPSA) is 109 Å². The second kappa shape index (κ2) is 5.13. The molecule has 0 saturated heterocycles. The number of aromatic amines is 2. The summed E-state index contributed by atoms with van der Waals surface area (Å²) >= 11 is 0. The van der Waals surface area contributed by atoms with Crippen molar-refractivity contribution in [1.29, 1.82) is 0 Å². The van der Waals surface area contributed by atoms with Gasteiger partial charge in [-0.3, -0.25) is 0 Å². The third kappa shape index (κ3) is 2.06. The molecule has 0 bridgehead atoms. The number of hydrogen-bond acceptors (Lipinski definition) is 5. The van der Waals surface area contributed by atoms with Gasteiger partial charge in [0.05, 0.1) is 0 Å². The second-order valence-corrected chi connectivity index (χ2v) is 5.72. The minimum Gasteiger partial charge on any atom is -0.366 e. The lowest BCUT2D eigenvalue weighted by atomic mass is 10.0. The Morgan fingerprint density at radius 1 is 0.800 bits per heavy atom. The fourth-order valence-corrected chi connectivity index (χ4v) is 3.13. The lowest BCUT2D eigenvalue weighted by Crippen LogP contribution is -2.01. The molecule has 0 saturated carbocycles. The normalized spacial score (nSPS) is 11.4. The van der Waals surface area contributed by atoms with E-state index in [1.54, 1.807) is 6.20 Å². The zero-order chi connectivity index (χ0) is 16.8. The quantitative estimate of drug-likeness (QED) is 0.461. The molecular weight excluding hydrogens is 314 g/mol. The summed E-state index contributed by atoms with van der Waals surface area (Å²) in [6, 6.07) is 11.9. The Labute approximate surface area is 142 Å². The minimum atomic E-state index is 0.136. The maximum Gasteiger partial charge on any atom is 0.240 e. The molecule has 7 nitrogen and oxygen atoms in total. The molecule has 0 unspecified atom stereocenters. The van der Waals surface area contributed by atoms with Crippen molar-refractivity contribution in [2.45, 2.75) is 0 Å². The van der Waals surface area contributed by atoms with Crippen LogP contribution in [0.3, 0.4) is 0 Å². The molecular formula is C18H13N7. The molecule has 0 spiro atoms. The molecule has 0 radical (unpaired) electrons. The predicted molar refractivity (Wildman–Crippen MR) is 96.6 cm³/mol. The van der Waals surface area contributed by atoms with Gasteiger partial charge in [-0.05, 0) is 18.2 Å². The zero-order valence-electron chi connectivity index (χ0n) is 13.1. The number of nitrogens with one attached hydrogen (secondary N) is 2. The molecule has 4 heterocycles. The Balaban J connectivity index is 1.82. The molecule has 0 aliphatic heterocycles. The van der Waals surface area contributed by atoms with E-state index in [2.05, 4.69) is 30.1 Å². The molecule has 0 atom stereocenters. The van der Waals surface area contributed by atoms with E-state index in [1.165, 1.54) is 0 Å². The summed E-state index contributed by atoms with van der Waals surface area (Å²) < 4.78 is 0. The Kier molecular flexibility index (Phi) is 2.81. The Hall–Kier alpha value is -3.74. The molecule has 4 aromatic heterocycles. The zero-order valence-corrected chi connectivity index (χ0v) is 13.1. The fraction of sp³-hybridized carbons (Fsp3) is 0. The van der Waals surface area contributed by atoms with Crippen LogP contribution in [0.5, 0.6) is 0 Å². The van der Waals surface area contributed by atoms with Crippen LogP contribution in [0, 0.1) is 0 Å². The van der Waals surface area contributed by atoms with Crippen LogP contribution in [0.4, 0.5) is 5.95 Å². The van der Waals surface area contributed by atoms with Crippen molar-refractivity contribution in [2.24, 2.45) is 0 Å². The molecule has 0 aliphatic rings. The molecule has 25 heavy (non-hydrogen) atoms. The van der Waals surface area contributed by atoms with Crippen LogP contribution in [-0.4, -0.2) is 30.1 Å². The Bertz CT molecular complexity index is 1220. The van der Waals surface area contributed by atoms with Gasteiger partial charge in [0.15, 0.2) is 0 Å². The molecule has 0 amide bonds. The highest BCUT2D eigenvalue weighted by atomic mass is 15.2. The van der Waals surface area contributed by atoms with E-state index >= 15 is 0 Å². The van der Waals surface area contributed by atoms with Crippen molar-refractivity contribution in [3.63, 3.8) is 0 Å². The van der Waals surface area contributed by atoms with Crippen molar-refractivity contribution in [3.8, 4) is 22.5 Å². The number of rotatable bonds is 2. The van der Waals surface area contributed by atoms with Gasteiger partial charge in [0.2, 0.25) is 5.95 Å².